The summed E-state index contributed by atoms with van der Waals surface area (Å²) in [6.45, 7) is 6.01. The fourth-order valence-electron chi connectivity index (χ4n) is 7.42. The molecule has 0 aromatic heterocycles. The number of piperazine rings is 1. The molecule has 0 N–H and O–H groups in total. The Balaban J connectivity index is 1.40. The smallest absolute Gasteiger partial charge is 0.227 e. The maximum atomic E-state index is 14.6. The fourth-order valence-corrected chi connectivity index (χ4v) is 8.61. The van der Waals surface area contributed by atoms with Gasteiger partial charge in [-0.15, -0.1) is 0 Å². The molecule has 0 bridgehead atoms. The Morgan fingerprint density at radius 2 is 1.56 bits per heavy atom. The van der Waals surface area contributed by atoms with Crippen molar-refractivity contribution in [1.82, 2.24) is 14.7 Å². The minimum absolute atomic E-state index is 0.115. The molecule has 45 heavy (non-hydrogen) atoms. The lowest BCUT2D eigenvalue weighted by Gasteiger charge is -2.46. The van der Waals surface area contributed by atoms with Crippen LogP contribution in [0.1, 0.15) is 73.6 Å². The molecule has 5 rings (SSSR count). The lowest BCUT2D eigenvalue weighted by atomic mass is 9.71. The molecule has 1 saturated carbocycles. The second-order valence-corrected chi connectivity index (χ2v) is 17.7. The Morgan fingerprint density at radius 1 is 0.867 bits per heavy atom. The zero-order chi connectivity index (χ0) is 32.4. The molecule has 3 fully saturated rings. The number of nitrogens with zero attached hydrogens (tertiary/aromatic N) is 3. The third-order valence-electron chi connectivity index (χ3n) is 9.97. The number of halogens is 8. The average Bonchev–Trinajstić information content (AvgIpc) is 3.01. The SMILES string of the molecule is O=C(Cc1c(F)cccc1Cl)N1CCCC(CCN2CCN(C3CCCCC3)CC2)(c2ccc(C(Cl)(Cl)Cl)c(C(Cl)(Cl)Cl)c2)C1. The molecule has 2 aromatic carbocycles. The van der Waals surface area contributed by atoms with Crippen molar-refractivity contribution in [3.8, 4) is 0 Å². The summed E-state index contributed by atoms with van der Waals surface area (Å²) in [7, 11) is 0. The number of benzene rings is 2. The highest BCUT2D eigenvalue weighted by Crippen LogP contribution is 2.50. The van der Waals surface area contributed by atoms with Crippen molar-refractivity contribution >= 4 is 87.1 Å². The van der Waals surface area contributed by atoms with E-state index >= 15 is 0 Å². The summed E-state index contributed by atoms with van der Waals surface area (Å²) in [6.07, 6.45) is 8.89. The maximum Gasteiger partial charge on any atom is 0.227 e. The lowest BCUT2D eigenvalue weighted by molar-refractivity contribution is -0.133. The van der Waals surface area contributed by atoms with Crippen molar-refractivity contribution in [2.24, 2.45) is 0 Å². The maximum absolute atomic E-state index is 14.6. The van der Waals surface area contributed by atoms with E-state index in [2.05, 4.69) is 9.80 Å². The van der Waals surface area contributed by atoms with E-state index in [1.54, 1.807) is 12.1 Å². The number of carbonyl (C=O) groups excluding carboxylic acids is 1. The fraction of sp³-hybridized carbons (Fsp3) is 0.606. The summed E-state index contributed by atoms with van der Waals surface area (Å²) in [5.41, 5.74) is 1.27. The van der Waals surface area contributed by atoms with E-state index in [1.165, 1.54) is 44.2 Å². The summed E-state index contributed by atoms with van der Waals surface area (Å²) in [4.78, 5) is 20.7. The van der Waals surface area contributed by atoms with Gasteiger partial charge in [0.05, 0.1) is 6.42 Å². The van der Waals surface area contributed by atoms with Crippen molar-refractivity contribution in [1.29, 1.82) is 0 Å². The van der Waals surface area contributed by atoms with Crippen LogP contribution >= 0.6 is 81.2 Å². The topological polar surface area (TPSA) is 26.8 Å². The Kier molecular flexibility index (Phi) is 12.1. The van der Waals surface area contributed by atoms with E-state index in [9.17, 15) is 9.18 Å². The summed E-state index contributed by atoms with van der Waals surface area (Å²) in [5.74, 6) is -0.659. The first-order valence-corrected chi connectivity index (χ1v) is 18.4. The number of amides is 1. The number of carbonyl (C=O) groups is 1. The molecule has 3 aliphatic rings. The van der Waals surface area contributed by atoms with Gasteiger partial charge in [-0.2, -0.15) is 0 Å². The number of hydrogen-bond donors (Lipinski definition) is 0. The van der Waals surface area contributed by atoms with Gasteiger partial charge in [-0.1, -0.05) is 125 Å². The summed E-state index contributed by atoms with van der Waals surface area (Å²) in [5, 5.41) is 0.244. The molecule has 2 heterocycles. The normalized spacial score (nSPS) is 23.0. The zero-order valence-electron chi connectivity index (χ0n) is 25.1. The van der Waals surface area contributed by atoms with Gasteiger partial charge in [0, 0.05) is 72.4 Å². The van der Waals surface area contributed by atoms with E-state index in [4.69, 9.17) is 81.2 Å². The van der Waals surface area contributed by atoms with Crippen LogP contribution in [-0.4, -0.2) is 72.5 Å². The highest BCUT2D eigenvalue weighted by atomic mass is 35.6. The van der Waals surface area contributed by atoms with Crippen molar-refractivity contribution in [2.45, 2.75) is 76.8 Å². The van der Waals surface area contributed by atoms with Gasteiger partial charge < -0.3 is 9.80 Å². The second-order valence-electron chi connectivity index (χ2n) is 12.8. The first-order valence-electron chi connectivity index (χ1n) is 15.7. The standard InChI is InChI=1S/C33H39Cl7FN3O/c34-28-8-4-9-29(41)25(28)21-30(45)44-14-5-12-31(22-44,23-10-11-26(32(35,36)37)27(20-23)33(38,39)40)13-15-42-16-18-43(19-17-42)24-6-2-1-3-7-24/h4,8-11,20,24H,1-3,5-7,12-19,21-22H2. The number of likely N-dealkylation sites (tertiary alicyclic amines) is 1. The molecule has 2 aromatic rings. The number of hydrogen-bond acceptors (Lipinski definition) is 3. The predicted molar refractivity (Wildman–Crippen MR) is 187 cm³/mol. The van der Waals surface area contributed by atoms with E-state index in [-0.39, 0.29) is 22.9 Å². The average molecular weight is 761 g/mol. The van der Waals surface area contributed by atoms with Crippen LogP contribution in [0, 0.1) is 5.82 Å². The van der Waals surface area contributed by atoms with E-state index in [0.29, 0.717) is 30.3 Å². The minimum atomic E-state index is -1.84. The molecule has 1 atom stereocenters. The highest BCUT2D eigenvalue weighted by Gasteiger charge is 2.42. The Labute approximate surface area is 301 Å². The molecule has 1 aliphatic carbocycles. The monoisotopic (exact) mass is 757 g/mol. The van der Waals surface area contributed by atoms with Crippen molar-refractivity contribution in [3.05, 3.63) is 69.5 Å². The zero-order valence-corrected chi connectivity index (χ0v) is 30.4. The summed E-state index contributed by atoms with van der Waals surface area (Å²) in [6, 6.07) is 10.6. The number of rotatable bonds is 7. The van der Waals surface area contributed by atoms with Crippen molar-refractivity contribution in [2.75, 3.05) is 45.8 Å². The van der Waals surface area contributed by atoms with E-state index < -0.39 is 18.8 Å². The first-order chi connectivity index (χ1) is 21.3. The first kappa shape index (κ1) is 36.1. The Morgan fingerprint density at radius 3 is 2.20 bits per heavy atom. The molecule has 1 amide bonds. The van der Waals surface area contributed by atoms with Crippen LogP contribution in [0.2, 0.25) is 5.02 Å². The number of piperidine rings is 1. The molecular formula is C33H39Cl7FN3O. The van der Waals surface area contributed by atoms with Gasteiger partial charge >= 0.3 is 0 Å². The van der Waals surface area contributed by atoms with Gasteiger partial charge in [0.15, 0.2) is 0 Å². The molecule has 4 nitrogen and oxygen atoms in total. The molecule has 0 spiro atoms. The predicted octanol–water partition coefficient (Wildman–Crippen LogP) is 9.58. The largest absolute Gasteiger partial charge is 0.342 e. The van der Waals surface area contributed by atoms with Gasteiger partial charge in [-0.3, -0.25) is 9.69 Å². The van der Waals surface area contributed by atoms with Crippen LogP contribution in [0.4, 0.5) is 4.39 Å². The Bertz CT molecular complexity index is 1320. The van der Waals surface area contributed by atoms with Crippen LogP contribution in [-0.2, 0) is 24.2 Å². The molecule has 12 heteroatoms. The van der Waals surface area contributed by atoms with Gasteiger partial charge in [0.25, 0.3) is 0 Å². The molecule has 248 valence electrons. The number of alkyl halides is 6. The third kappa shape index (κ3) is 8.88. The van der Waals surface area contributed by atoms with Crippen LogP contribution in [0.15, 0.2) is 36.4 Å². The second kappa shape index (κ2) is 15.1. The van der Waals surface area contributed by atoms with Gasteiger partial charge in [0.1, 0.15) is 5.82 Å². The van der Waals surface area contributed by atoms with Crippen LogP contribution in [0.5, 0.6) is 0 Å². The van der Waals surface area contributed by atoms with Crippen LogP contribution < -0.4 is 0 Å². The highest BCUT2D eigenvalue weighted by molar-refractivity contribution is 6.69. The molecule has 2 saturated heterocycles. The van der Waals surface area contributed by atoms with E-state index in [1.807, 2.05) is 17.0 Å². The lowest BCUT2D eigenvalue weighted by Crippen LogP contribution is -2.53. The van der Waals surface area contributed by atoms with Crippen molar-refractivity contribution in [3.63, 3.8) is 0 Å². The van der Waals surface area contributed by atoms with Gasteiger partial charge in [-0.05, 0) is 56.3 Å². The Hall–Kier alpha value is -0.210. The van der Waals surface area contributed by atoms with Crippen LogP contribution in [0.25, 0.3) is 0 Å². The quantitative estimate of drug-likeness (QED) is 0.263. The minimum Gasteiger partial charge on any atom is -0.342 e. The summed E-state index contributed by atoms with van der Waals surface area (Å²) < 4.78 is 11.0. The summed E-state index contributed by atoms with van der Waals surface area (Å²) >= 11 is 44.4. The molecule has 1 unspecified atom stereocenters. The van der Waals surface area contributed by atoms with Gasteiger partial charge in [-0.25, -0.2) is 4.39 Å². The molecule has 0 radical (unpaired) electrons. The molecule has 2 aliphatic heterocycles. The molecular weight excluding hydrogens is 722 g/mol. The van der Waals surface area contributed by atoms with Crippen LogP contribution in [0.3, 0.4) is 0 Å². The van der Waals surface area contributed by atoms with Crippen molar-refractivity contribution < 1.29 is 9.18 Å². The van der Waals surface area contributed by atoms with Gasteiger partial charge in [0.2, 0.25) is 13.5 Å². The van der Waals surface area contributed by atoms with E-state index in [0.717, 1.165) is 57.5 Å². The third-order valence-corrected chi connectivity index (χ3v) is 11.5.